The maximum atomic E-state index is 4.26. The van der Waals surface area contributed by atoms with E-state index < -0.39 is 0 Å². The Labute approximate surface area is 118 Å². The van der Waals surface area contributed by atoms with E-state index in [1.807, 2.05) is 6.08 Å². The van der Waals surface area contributed by atoms with Crippen LogP contribution in [0.2, 0.25) is 0 Å². The number of rotatable bonds is 2. The summed E-state index contributed by atoms with van der Waals surface area (Å²) in [6.07, 6.45) is 6.95. The zero-order valence-electron chi connectivity index (χ0n) is 11.9. The fraction of sp³-hybridized carbons (Fsp3) is 0.267. The number of benzene rings is 1. The molecule has 2 heterocycles. The highest BCUT2D eigenvalue weighted by atomic mass is 15.4. The Morgan fingerprint density at radius 3 is 2.55 bits per heavy atom. The number of aromatic nitrogens is 3. The Bertz CT molecular complexity index is 667. The lowest BCUT2D eigenvalue weighted by atomic mass is 9.84. The molecule has 0 radical (unpaired) electrons. The van der Waals surface area contributed by atoms with Gasteiger partial charge in [-0.1, -0.05) is 32.0 Å². The second kappa shape index (κ2) is 4.59. The van der Waals surface area contributed by atoms with Crippen LogP contribution in [0.5, 0.6) is 0 Å². The molecular formula is C15H17N5. The summed E-state index contributed by atoms with van der Waals surface area (Å²) in [7, 11) is 2.09. The molecule has 102 valence electrons. The summed E-state index contributed by atoms with van der Waals surface area (Å²) in [5, 5.41) is 11.7. The summed E-state index contributed by atoms with van der Waals surface area (Å²) >= 11 is 0. The maximum absolute atomic E-state index is 4.26. The summed E-state index contributed by atoms with van der Waals surface area (Å²) in [5.74, 6) is 0. The number of hydrogen-bond acceptors (Lipinski definition) is 4. The van der Waals surface area contributed by atoms with Crippen molar-refractivity contribution in [3.8, 4) is 0 Å². The number of nitrogens with zero attached hydrogens (tertiary/aromatic N) is 5. The first kappa shape index (κ1) is 12.6. The van der Waals surface area contributed by atoms with Gasteiger partial charge in [0.2, 0.25) is 0 Å². The van der Waals surface area contributed by atoms with Gasteiger partial charge in [0.25, 0.3) is 0 Å². The Morgan fingerprint density at radius 2 is 1.85 bits per heavy atom. The SMILES string of the molecule is CN1/C(=C\C=N\n2cnnc2)C(C)(C)c2ccccc21. The highest BCUT2D eigenvalue weighted by Gasteiger charge is 2.37. The van der Waals surface area contributed by atoms with Crippen molar-refractivity contribution < 1.29 is 0 Å². The molecule has 0 atom stereocenters. The van der Waals surface area contributed by atoms with Crippen molar-refractivity contribution >= 4 is 11.9 Å². The molecule has 0 N–H and O–H groups in total. The van der Waals surface area contributed by atoms with Gasteiger partial charge in [-0.25, -0.2) is 4.68 Å². The van der Waals surface area contributed by atoms with Gasteiger partial charge in [-0.05, 0) is 17.7 Å². The zero-order chi connectivity index (χ0) is 14.2. The molecule has 0 bridgehead atoms. The van der Waals surface area contributed by atoms with E-state index in [0.29, 0.717) is 0 Å². The summed E-state index contributed by atoms with van der Waals surface area (Å²) in [4.78, 5) is 2.22. The second-order valence-corrected chi connectivity index (χ2v) is 5.36. The summed E-state index contributed by atoms with van der Waals surface area (Å²) < 4.78 is 1.58. The van der Waals surface area contributed by atoms with Crippen LogP contribution in [-0.2, 0) is 5.41 Å². The lowest BCUT2D eigenvalue weighted by molar-refractivity contribution is 0.641. The molecule has 0 aliphatic carbocycles. The molecule has 5 nitrogen and oxygen atoms in total. The lowest BCUT2D eigenvalue weighted by Crippen LogP contribution is -2.23. The van der Waals surface area contributed by atoms with Crippen molar-refractivity contribution in [1.82, 2.24) is 14.9 Å². The first-order valence-electron chi connectivity index (χ1n) is 6.53. The quantitative estimate of drug-likeness (QED) is 0.785. The minimum atomic E-state index is -0.0233. The molecule has 0 saturated heterocycles. The van der Waals surface area contributed by atoms with Gasteiger partial charge in [-0.3, -0.25) is 0 Å². The van der Waals surface area contributed by atoms with E-state index in [1.165, 1.54) is 16.9 Å². The summed E-state index contributed by atoms with van der Waals surface area (Å²) in [6.45, 7) is 4.46. The molecule has 0 amide bonds. The predicted molar refractivity (Wildman–Crippen MR) is 79.9 cm³/mol. The molecule has 2 aromatic rings. The van der Waals surface area contributed by atoms with Crippen molar-refractivity contribution in [3.63, 3.8) is 0 Å². The standard InChI is InChI=1S/C15H17N5/c1-15(2)12-6-4-5-7-13(12)19(3)14(15)8-9-18-20-10-16-17-11-20/h4-11H,1-3H3/b14-8-,18-9+. The second-order valence-electron chi connectivity index (χ2n) is 5.36. The van der Waals surface area contributed by atoms with Crippen LogP contribution >= 0.6 is 0 Å². The Kier molecular flexibility index (Phi) is 2.89. The normalized spacial score (nSPS) is 18.9. The molecule has 0 saturated carbocycles. The highest BCUT2D eigenvalue weighted by Crippen LogP contribution is 2.46. The minimum absolute atomic E-state index is 0.0233. The van der Waals surface area contributed by atoms with Gasteiger partial charge in [-0.15, -0.1) is 10.2 Å². The number of allylic oxidation sites excluding steroid dienone is 2. The average molecular weight is 267 g/mol. The number of hydrogen-bond donors (Lipinski definition) is 0. The number of para-hydroxylation sites is 1. The lowest BCUT2D eigenvalue weighted by Gasteiger charge is -2.23. The van der Waals surface area contributed by atoms with Crippen molar-refractivity contribution in [2.45, 2.75) is 19.3 Å². The number of anilines is 1. The van der Waals surface area contributed by atoms with E-state index in [0.717, 1.165) is 0 Å². The van der Waals surface area contributed by atoms with Crippen LogP contribution in [0.4, 0.5) is 5.69 Å². The van der Waals surface area contributed by atoms with Gasteiger partial charge in [-0.2, -0.15) is 5.10 Å². The topological polar surface area (TPSA) is 46.3 Å². The van der Waals surface area contributed by atoms with Crippen LogP contribution in [-0.4, -0.2) is 28.1 Å². The molecule has 1 aliphatic rings. The number of fused-ring (bicyclic) bond motifs is 1. The third kappa shape index (κ3) is 1.91. The zero-order valence-corrected chi connectivity index (χ0v) is 11.9. The van der Waals surface area contributed by atoms with Crippen LogP contribution in [0.15, 0.2) is 53.8 Å². The van der Waals surface area contributed by atoms with Crippen molar-refractivity contribution in [3.05, 3.63) is 54.3 Å². The first-order chi connectivity index (χ1) is 9.60. The van der Waals surface area contributed by atoms with E-state index in [9.17, 15) is 0 Å². The van der Waals surface area contributed by atoms with E-state index in [1.54, 1.807) is 23.5 Å². The third-order valence-electron chi connectivity index (χ3n) is 3.78. The smallest absolute Gasteiger partial charge is 0.141 e. The Balaban J connectivity index is 1.95. The van der Waals surface area contributed by atoms with Gasteiger partial charge in [0.15, 0.2) is 0 Å². The van der Waals surface area contributed by atoms with Gasteiger partial charge >= 0.3 is 0 Å². The average Bonchev–Trinajstić information content (AvgIpc) is 3.01. The van der Waals surface area contributed by atoms with Gasteiger partial charge in [0.05, 0.1) is 0 Å². The van der Waals surface area contributed by atoms with Crippen molar-refractivity contribution in [2.24, 2.45) is 5.10 Å². The predicted octanol–water partition coefficient (Wildman–Crippen LogP) is 2.42. The van der Waals surface area contributed by atoms with Crippen molar-refractivity contribution in [1.29, 1.82) is 0 Å². The molecule has 1 aromatic carbocycles. The maximum Gasteiger partial charge on any atom is 0.141 e. The van der Waals surface area contributed by atoms with Gasteiger partial charge in [0, 0.05) is 30.1 Å². The molecule has 5 heteroatoms. The van der Waals surface area contributed by atoms with Crippen molar-refractivity contribution in [2.75, 3.05) is 11.9 Å². The molecule has 1 aliphatic heterocycles. The Morgan fingerprint density at radius 1 is 1.15 bits per heavy atom. The molecule has 20 heavy (non-hydrogen) atoms. The fourth-order valence-corrected chi connectivity index (χ4v) is 2.74. The third-order valence-corrected chi connectivity index (χ3v) is 3.78. The number of likely N-dealkylation sites (N-methyl/N-ethyl adjacent to an activating group) is 1. The monoisotopic (exact) mass is 267 g/mol. The summed E-state index contributed by atoms with van der Waals surface area (Å²) in [6, 6.07) is 8.49. The van der Waals surface area contributed by atoms with Crippen LogP contribution in [0.1, 0.15) is 19.4 Å². The van der Waals surface area contributed by atoms with E-state index in [4.69, 9.17) is 0 Å². The van der Waals surface area contributed by atoms with E-state index in [-0.39, 0.29) is 5.41 Å². The molecule has 0 fully saturated rings. The van der Waals surface area contributed by atoms with Crippen LogP contribution in [0, 0.1) is 0 Å². The molecule has 1 aromatic heterocycles. The first-order valence-corrected chi connectivity index (χ1v) is 6.53. The molecule has 0 spiro atoms. The van der Waals surface area contributed by atoms with Crippen LogP contribution in [0.25, 0.3) is 0 Å². The molecule has 3 rings (SSSR count). The highest BCUT2D eigenvalue weighted by molar-refractivity contribution is 5.79. The minimum Gasteiger partial charge on any atom is -0.347 e. The van der Waals surface area contributed by atoms with Crippen LogP contribution < -0.4 is 4.90 Å². The van der Waals surface area contributed by atoms with E-state index >= 15 is 0 Å². The molecular weight excluding hydrogens is 250 g/mol. The summed E-state index contributed by atoms with van der Waals surface area (Å²) in [5.41, 5.74) is 3.79. The van der Waals surface area contributed by atoms with E-state index in [2.05, 4.69) is 65.4 Å². The van der Waals surface area contributed by atoms with Gasteiger partial charge in [0.1, 0.15) is 12.7 Å². The van der Waals surface area contributed by atoms with Gasteiger partial charge < -0.3 is 4.90 Å². The largest absolute Gasteiger partial charge is 0.347 e. The molecule has 0 unspecified atom stereocenters. The van der Waals surface area contributed by atoms with Crippen LogP contribution in [0.3, 0.4) is 0 Å². The Hall–Kier alpha value is -2.43. The fourth-order valence-electron chi connectivity index (χ4n) is 2.74.